The van der Waals surface area contributed by atoms with Gasteiger partial charge >= 0.3 is 0 Å². The highest BCUT2D eigenvalue weighted by Gasteiger charge is 2.18. The Labute approximate surface area is 211 Å². The van der Waals surface area contributed by atoms with Crippen molar-refractivity contribution in [2.75, 3.05) is 17.2 Å². The largest absolute Gasteiger partial charge is 0.387 e. The fourth-order valence-electron chi connectivity index (χ4n) is 4.04. The maximum absolute atomic E-state index is 12.8. The van der Waals surface area contributed by atoms with Gasteiger partial charge in [0.25, 0.3) is 11.5 Å². The monoisotopic (exact) mass is 490 g/mol. The first kappa shape index (κ1) is 23.5. The highest BCUT2D eigenvalue weighted by molar-refractivity contribution is 6.08. The number of fused-ring (bicyclic) bond motifs is 1. The van der Waals surface area contributed by atoms with E-state index in [9.17, 15) is 14.7 Å². The number of nitrogens with zero attached hydrogens (tertiary/aromatic N) is 2. The third-order valence-corrected chi connectivity index (χ3v) is 5.89. The highest BCUT2D eigenvalue weighted by Crippen LogP contribution is 2.28. The molecule has 37 heavy (non-hydrogen) atoms. The SMILES string of the molecule is N#Cc1cccc(C(=O)Nc2cccc3nc(-c4c(NCC(O)c5ccccc5)cc[nH]c4=O)[nH]c23)c1. The lowest BCUT2D eigenvalue weighted by Crippen LogP contribution is -2.17. The van der Waals surface area contributed by atoms with Gasteiger partial charge in [-0.05, 0) is 42.0 Å². The van der Waals surface area contributed by atoms with Gasteiger partial charge in [-0.3, -0.25) is 9.59 Å². The Balaban J connectivity index is 1.45. The lowest BCUT2D eigenvalue weighted by atomic mass is 10.1. The van der Waals surface area contributed by atoms with Crippen LogP contribution in [-0.2, 0) is 0 Å². The second-order valence-electron chi connectivity index (χ2n) is 8.33. The van der Waals surface area contributed by atoms with Crippen LogP contribution < -0.4 is 16.2 Å². The molecule has 0 saturated carbocycles. The Morgan fingerprint density at radius 1 is 1.03 bits per heavy atom. The lowest BCUT2D eigenvalue weighted by molar-refractivity contribution is 0.102. The van der Waals surface area contributed by atoms with Crippen LogP contribution in [0.25, 0.3) is 22.4 Å². The van der Waals surface area contributed by atoms with Crippen molar-refractivity contribution < 1.29 is 9.90 Å². The van der Waals surface area contributed by atoms with E-state index in [1.807, 2.05) is 36.4 Å². The van der Waals surface area contributed by atoms with Crippen LogP contribution in [0, 0.1) is 11.3 Å². The molecule has 1 atom stereocenters. The van der Waals surface area contributed by atoms with Gasteiger partial charge in [-0.15, -0.1) is 0 Å². The van der Waals surface area contributed by atoms with E-state index in [4.69, 9.17) is 5.26 Å². The summed E-state index contributed by atoms with van der Waals surface area (Å²) in [5.74, 6) is -0.0720. The number of aliphatic hydroxyl groups is 1. The van der Waals surface area contributed by atoms with Crippen molar-refractivity contribution in [3.8, 4) is 17.5 Å². The van der Waals surface area contributed by atoms with Crippen LogP contribution in [0.5, 0.6) is 0 Å². The molecule has 5 rings (SSSR count). The number of amides is 1. The zero-order chi connectivity index (χ0) is 25.8. The van der Waals surface area contributed by atoms with Gasteiger partial charge in [0.2, 0.25) is 0 Å². The number of carbonyl (C=O) groups excluding carboxylic acids is 1. The molecule has 3 aromatic carbocycles. The maximum atomic E-state index is 12.8. The van der Waals surface area contributed by atoms with Gasteiger partial charge in [0.15, 0.2) is 0 Å². The molecular formula is C28H22N6O3. The molecule has 1 amide bonds. The molecule has 0 fully saturated rings. The molecule has 2 aromatic heterocycles. The van der Waals surface area contributed by atoms with E-state index in [0.29, 0.717) is 39.4 Å². The van der Waals surface area contributed by atoms with Gasteiger partial charge in [0.1, 0.15) is 11.4 Å². The summed E-state index contributed by atoms with van der Waals surface area (Å²) in [6, 6.07) is 24.6. The fraction of sp³-hybridized carbons (Fsp3) is 0.0714. The van der Waals surface area contributed by atoms with Gasteiger partial charge in [0, 0.05) is 18.3 Å². The van der Waals surface area contributed by atoms with Gasteiger partial charge in [-0.25, -0.2) is 4.98 Å². The summed E-state index contributed by atoms with van der Waals surface area (Å²) >= 11 is 0. The zero-order valence-electron chi connectivity index (χ0n) is 19.5. The third kappa shape index (κ3) is 4.96. The highest BCUT2D eigenvalue weighted by atomic mass is 16.3. The molecule has 0 bridgehead atoms. The van der Waals surface area contributed by atoms with Crippen LogP contribution in [0.1, 0.15) is 27.6 Å². The number of nitriles is 1. The van der Waals surface area contributed by atoms with Gasteiger partial charge in [-0.1, -0.05) is 42.5 Å². The van der Waals surface area contributed by atoms with Crippen LogP contribution in [0.3, 0.4) is 0 Å². The van der Waals surface area contributed by atoms with Crippen molar-refractivity contribution in [3.05, 3.63) is 112 Å². The molecule has 0 saturated heterocycles. The number of aliphatic hydroxyl groups excluding tert-OH is 1. The summed E-state index contributed by atoms with van der Waals surface area (Å²) in [6.45, 7) is 0.184. The van der Waals surface area contributed by atoms with Crippen molar-refractivity contribution in [2.45, 2.75) is 6.10 Å². The van der Waals surface area contributed by atoms with Crippen molar-refractivity contribution in [2.24, 2.45) is 0 Å². The van der Waals surface area contributed by atoms with Gasteiger partial charge in [-0.2, -0.15) is 5.26 Å². The third-order valence-electron chi connectivity index (χ3n) is 5.89. The first-order valence-electron chi connectivity index (χ1n) is 11.5. The molecular weight excluding hydrogens is 468 g/mol. The number of H-pyrrole nitrogens is 2. The van der Waals surface area contributed by atoms with Crippen LogP contribution in [0.15, 0.2) is 89.9 Å². The molecule has 0 radical (unpaired) electrons. The van der Waals surface area contributed by atoms with Crippen LogP contribution >= 0.6 is 0 Å². The Bertz CT molecular complexity index is 1680. The molecule has 1 unspecified atom stereocenters. The first-order valence-corrected chi connectivity index (χ1v) is 11.5. The number of aromatic amines is 2. The second-order valence-corrected chi connectivity index (χ2v) is 8.33. The van der Waals surface area contributed by atoms with Gasteiger partial charge < -0.3 is 25.7 Å². The van der Waals surface area contributed by atoms with Crippen molar-refractivity contribution in [3.63, 3.8) is 0 Å². The number of rotatable bonds is 7. The fourth-order valence-corrected chi connectivity index (χ4v) is 4.04. The summed E-state index contributed by atoms with van der Waals surface area (Å²) in [4.78, 5) is 36.1. The van der Waals surface area contributed by atoms with Crippen LogP contribution in [0.4, 0.5) is 11.4 Å². The number of hydrogen-bond donors (Lipinski definition) is 5. The van der Waals surface area contributed by atoms with Gasteiger partial charge in [0.05, 0.1) is 40.1 Å². The molecule has 0 aliphatic heterocycles. The minimum Gasteiger partial charge on any atom is -0.387 e. The summed E-state index contributed by atoms with van der Waals surface area (Å²) in [6.07, 6.45) is 0.748. The van der Waals surface area contributed by atoms with Crippen LogP contribution in [0.2, 0.25) is 0 Å². The number of carbonyl (C=O) groups is 1. The van der Waals surface area contributed by atoms with Crippen molar-refractivity contribution >= 4 is 28.3 Å². The van der Waals surface area contributed by atoms with Crippen molar-refractivity contribution in [1.82, 2.24) is 15.0 Å². The van der Waals surface area contributed by atoms with E-state index in [2.05, 4.69) is 25.6 Å². The Hall–Kier alpha value is -5.20. The number of nitrogens with one attached hydrogen (secondary N) is 4. The van der Waals surface area contributed by atoms with Crippen LogP contribution in [-0.4, -0.2) is 32.5 Å². The summed E-state index contributed by atoms with van der Waals surface area (Å²) in [7, 11) is 0. The zero-order valence-corrected chi connectivity index (χ0v) is 19.5. The molecule has 5 aromatic rings. The number of imidazole rings is 1. The molecule has 0 spiro atoms. The molecule has 9 nitrogen and oxygen atoms in total. The minimum absolute atomic E-state index is 0.184. The Kier molecular flexibility index (Phi) is 6.48. The van der Waals surface area contributed by atoms with E-state index in [1.54, 1.807) is 42.5 Å². The smallest absolute Gasteiger partial charge is 0.261 e. The predicted molar refractivity (Wildman–Crippen MR) is 141 cm³/mol. The second kappa shape index (κ2) is 10.2. The molecule has 182 valence electrons. The number of hydrogen-bond acceptors (Lipinski definition) is 6. The van der Waals surface area contributed by atoms with Crippen molar-refractivity contribution in [1.29, 1.82) is 5.26 Å². The molecule has 5 N–H and O–H groups in total. The topological polar surface area (TPSA) is 147 Å². The lowest BCUT2D eigenvalue weighted by Gasteiger charge is -2.14. The number of anilines is 2. The quantitative estimate of drug-likeness (QED) is 0.231. The maximum Gasteiger partial charge on any atom is 0.261 e. The van der Waals surface area contributed by atoms with E-state index < -0.39 is 6.10 Å². The normalized spacial score (nSPS) is 11.6. The minimum atomic E-state index is -0.773. The average Bonchev–Trinajstić information content (AvgIpc) is 3.37. The van der Waals surface area contributed by atoms with E-state index in [0.717, 1.165) is 5.56 Å². The molecule has 0 aliphatic rings. The Morgan fingerprint density at radius 2 is 1.84 bits per heavy atom. The van der Waals surface area contributed by atoms with E-state index in [-0.39, 0.29) is 23.6 Å². The standard InChI is InChI=1S/C28H22N6O3/c29-15-17-6-4-9-19(14-17)27(36)33-22-11-5-10-21-25(22)34-26(32-21)24-20(12-13-30-28(24)37)31-16-23(35)18-7-2-1-3-8-18/h1-14,23,35H,16H2,(H,32,34)(H,33,36)(H2,30,31,37). The van der Waals surface area contributed by atoms with E-state index >= 15 is 0 Å². The Morgan fingerprint density at radius 3 is 2.65 bits per heavy atom. The number of pyridine rings is 1. The number of benzene rings is 3. The first-order chi connectivity index (χ1) is 18.0. The molecule has 2 heterocycles. The molecule has 0 aliphatic carbocycles. The number of aromatic nitrogens is 3. The molecule has 9 heteroatoms. The summed E-state index contributed by atoms with van der Waals surface area (Å²) in [5, 5.41) is 25.7. The predicted octanol–water partition coefficient (Wildman–Crippen LogP) is 4.19. The summed E-state index contributed by atoms with van der Waals surface area (Å²) in [5.41, 5.74) is 3.47. The average molecular weight is 491 g/mol. The van der Waals surface area contributed by atoms with E-state index in [1.165, 1.54) is 12.3 Å². The summed E-state index contributed by atoms with van der Waals surface area (Å²) < 4.78 is 0. The number of para-hydroxylation sites is 1.